The summed E-state index contributed by atoms with van der Waals surface area (Å²) in [7, 11) is -3.46. The van der Waals surface area contributed by atoms with Crippen molar-refractivity contribution in [3.8, 4) is 6.07 Å². The van der Waals surface area contributed by atoms with Gasteiger partial charge in [-0.15, -0.1) is 0 Å². The first-order valence-electron chi connectivity index (χ1n) is 5.18. The molecule has 0 spiro atoms. The lowest BCUT2D eigenvalue weighted by atomic mass is 10.0. The van der Waals surface area contributed by atoms with E-state index >= 15 is 0 Å². The van der Waals surface area contributed by atoms with E-state index in [1.165, 1.54) is 0 Å². The van der Waals surface area contributed by atoms with Gasteiger partial charge in [-0.3, -0.25) is 0 Å². The Hall–Kier alpha value is -1.38. The second-order valence-corrected chi connectivity index (χ2v) is 7.05. The molecule has 6 heteroatoms. The van der Waals surface area contributed by atoms with Gasteiger partial charge in [0.15, 0.2) is 9.84 Å². The van der Waals surface area contributed by atoms with E-state index < -0.39 is 26.4 Å². The Kier molecular flexibility index (Phi) is 2.96. The minimum atomic E-state index is -3.46. The second kappa shape index (κ2) is 4.08. The smallest absolute Gasteiger partial charge is 0.153 e. The van der Waals surface area contributed by atoms with Crippen molar-refractivity contribution in [1.29, 1.82) is 5.26 Å². The summed E-state index contributed by atoms with van der Waals surface area (Å²) in [5, 5.41) is 8.66. The molecule has 1 aromatic carbocycles. The van der Waals surface area contributed by atoms with Crippen LogP contribution in [-0.4, -0.2) is 26.2 Å². The minimum absolute atomic E-state index is 0.442. The van der Waals surface area contributed by atoms with Gasteiger partial charge >= 0.3 is 0 Å². The van der Waals surface area contributed by atoms with Gasteiger partial charge < -0.3 is 4.79 Å². The summed E-state index contributed by atoms with van der Waals surface area (Å²) in [5.74, 6) is -0.604. The van der Waals surface area contributed by atoms with Crippen molar-refractivity contribution in [2.45, 2.75) is 11.2 Å². The predicted octanol–water partition coefficient (Wildman–Crippen LogP) is 1.56. The molecule has 0 aliphatic heterocycles. The lowest BCUT2D eigenvalue weighted by Crippen LogP contribution is -2.14. The third-order valence-electron chi connectivity index (χ3n) is 3.26. The van der Waals surface area contributed by atoms with Crippen LogP contribution in [0.4, 0.5) is 0 Å². The van der Waals surface area contributed by atoms with Crippen molar-refractivity contribution in [2.24, 2.45) is 5.41 Å². The summed E-state index contributed by atoms with van der Waals surface area (Å²) in [6.07, 6.45) is 1.49. The van der Waals surface area contributed by atoms with Crippen molar-refractivity contribution in [3.05, 3.63) is 34.9 Å². The molecule has 18 heavy (non-hydrogen) atoms. The molecule has 4 nitrogen and oxygen atoms in total. The SMILES string of the molecule is CS(=O)(=O)[C@H]1[C@@H](c2ccc(Cl)cc2)[C@@]1(C#N)C=O. The molecular formula is C12H10ClNO3S. The summed E-state index contributed by atoms with van der Waals surface area (Å²) in [6.45, 7) is 0. The molecule has 0 N–H and O–H groups in total. The quantitative estimate of drug-likeness (QED) is 0.789. The topological polar surface area (TPSA) is 75.0 Å². The Bertz CT molecular complexity index is 632. The highest BCUT2D eigenvalue weighted by atomic mass is 35.5. The molecule has 1 saturated carbocycles. The number of nitriles is 1. The van der Waals surface area contributed by atoms with Crippen molar-refractivity contribution in [2.75, 3.05) is 6.26 Å². The van der Waals surface area contributed by atoms with Gasteiger partial charge in [-0.25, -0.2) is 8.42 Å². The molecule has 0 aromatic heterocycles. The standard InChI is InChI=1S/C12H10ClNO3S/c1-18(16,17)11-10(12(11,6-14)7-15)8-2-4-9(13)5-3-8/h2-5,7,10-11H,1H3/t10-,11+,12-/m1/s1. The molecule has 0 heterocycles. The number of hydrogen-bond acceptors (Lipinski definition) is 4. The van der Waals surface area contributed by atoms with Crippen LogP contribution in [0.3, 0.4) is 0 Å². The summed E-state index contributed by atoms with van der Waals surface area (Å²) >= 11 is 5.75. The van der Waals surface area contributed by atoms with Gasteiger partial charge in [0.1, 0.15) is 11.7 Å². The lowest BCUT2D eigenvalue weighted by molar-refractivity contribution is -0.110. The Morgan fingerprint density at radius 1 is 1.39 bits per heavy atom. The van der Waals surface area contributed by atoms with Crippen molar-refractivity contribution >= 4 is 27.7 Å². The van der Waals surface area contributed by atoms with Gasteiger partial charge in [-0.1, -0.05) is 23.7 Å². The molecule has 0 bridgehead atoms. The molecule has 0 amide bonds. The van der Waals surface area contributed by atoms with Crippen LogP contribution in [0.15, 0.2) is 24.3 Å². The van der Waals surface area contributed by atoms with Gasteiger partial charge in [0.2, 0.25) is 0 Å². The Labute approximate surface area is 110 Å². The molecule has 1 aliphatic carbocycles. The fraction of sp³-hybridized carbons (Fsp3) is 0.333. The zero-order valence-electron chi connectivity index (χ0n) is 9.50. The van der Waals surface area contributed by atoms with Crippen LogP contribution >= 0.6 is 11.6 Å². The number of benzene rings is 1. The molecule has 0 radical (unpaired) electrons. The van der Waals surface area contributed by atoms with E-state index in [0.29, 0.717) is 16.9 Å². The van der Waals surface area contributed by atoms with E-state index in [-0.39, 0.29) is 0 Å². The average Bonchev–Trinajstić information content (AvgIpc) is 3.00. The maximum atomic E-state index is 11.6. The predicted molar refractivity (Wildman–Crippen MR) is 66.9 cm³/mol. The summed E-state index contributed by atoms with van der Waals surface area (Å²) in [6, 6.07) is 8.36. The average molecular weight is 284 g/mol. The van der Waals surface area contributed by atoms with E-state index in [2.05, 4.69) is 0 Å². The molecule has 0 unspecified atom stereocenters. The molecule has 94 valence electrons. The molecule has 3 atom stereocenters. The first-order valence-corrected chi connectivity index (χ1v) is 7.52. The number of rotatable bonds is 3. The van der Waals surface area contributed by atoms with E-state index in [0.717, 1.165) is 6.26 Å². The number of hydrogen-bond donors (Lipinski definition) is 0. The second-order valence-electron chi connectivity index (χ2n) is 4.44. The molecule has 1 aromatic rings. The third-order valence-corrected chi connectivity index (χ3v) is 5.09. The van der Waals surface area contributed by atoms with Crippen LogP contribution in [0.2, 0.25) is 5.02 Å². The molecule has 1 aliphatic rings. The summed E-state index contributed by atoms with van der Waals surface area (Å²) in [5.41, 5.74) is -0.815. The maximum absolute atomic E-state index is 11.6. The highest BCUT2D eigenvalue weighted by Gasteiger charge is 2.71. The monoisotopic (exact) mass is 283 g/mol. The van der Waals surface area contributed by atoms with Crippen LogP contribution < -0.4 is 0 Å². The Morgan fingerprint density at radius 2 is 1.94 bits per heavy atom. The number of sulfone groups is 1. The molecular weight excluding hydrogens is 274 g/mol. The molecule has 1 fully saturated rings. The van der Waals surface area contributed by atoms with Crippen molar-refractivity contribution in [1.82, 2.24) is 0 Å². The third kappa shape index (κ3) is 1.82. The van der Waals surface area contributed by atoms with Gasteiger partial charge in [0, 0.05) is 17.2 Å². The Morgan fingerprint density at radius 3 is 2.28 bits per heavy atom. The largest absolute Gasteiger partial charge is 0.302 e. The van der Waals surface area contributed by atoms with Gasteiger partial charge in [-0.05, 0) is 17.7 Å². The van der Waals surface area contributed by atoms with Crippen LogP contribution in [0.25, 0.3) is 0 Å². The summed E-state index contributed by atoms with van der Waals surface area (Å²) in [4.78, 5) is 11.1. The highest BCUT2D eigenvalue weighted by Crippen LogP contribution is 2.61. The van der Waals surface area contributed by atoms with E-state index in [9.17, 15) is 13.2 Å². The number of halogens is 1. The van der Waals surface area contributed by atoms with Gasteiger partial charge in [-0.2, -0.15) is 5.26 Å². The van der Waals surface area contributed by atoms with E-state index in [1.807, 2.05) is 6.07 Å². The van der Waals surface area contributed by atoms with Gasteiger partial charge in [0.25, 0.3) is 0 Å². The zero-order valence-corrected chi connectivity index (χ0v) is 11.1. The summed E-state index contributed by atoms with van der Waals surface area (Å²) < 4.78 is 23.3. The van der Waals surface area contributed by atoms with Crippen LogP contribution in [0.5, 0.6) is 0 Å². The Balaban J connectivity index is 2.49. The van der Waals surface area contributed by atoms with Crippen LogP contribution in [0, 0.1) is 16.7 Å². The van der Waals surface area contributed by atoms with Crippen LogP contribution in [-0.2, 0) is 14.6 Å². The first kappa shape index (κ1) is 13.1. The number of aldehydes is 1. The first-order chi connectivity index (χ1) is 8.36. The molecule has 2 rings (SSSR count). The fourth-order valence-corrected chi connectivity index (χ4v) is 4.28. The number of carbonyl (C=O) groups excluding carboxylic acids is 1. The molecule has 0 saturated heterocycles. The maximum Gasteiger partial charge on any atom is 0.153 e. The van der Waals surface area contributed by atoms with Crippen molar-refractivity contribution < 1.29 is 13.2 Å². The zero-order chi connectivity index (χ0) is 13.6. The number of nitrogens with zero attached hydrogens (tertiary/aromatic N) is 1. The van der Waals surface area contributed by atoms with Gasteiger partial charge in [0.05, 0.1) is 11.3 Å². The normalized spacial score (nSPS) is 30.5. The lowest BCUT2D eigenvalue weighted by Gasteiger charge is -1.99. The van der Waals surface area contributed by atoms with Crippen LogP contribution in [0.1, 0.15) is 11.5 Å². The highest BCUT2D eigenvalue weighted by molar-refractivity contribution is 7.91. The van der Waals surface area contributed by atoms with E-state index in [1.54, 1.807) is 24.3 Å². The number of carbonyl (C=O) groups is 1. The minimum Gasteiger partial charge on any atom is -0.302 e. The van der Waals surface area contributed by atoms with Crippen molar-refractivity contribution in [3.63, 3.8) is 0 Å². The fourth-order valence-electron chi connectivity index (χ4n) is 2.40. The van der Waals surface area contributed by atoms with E-state index in [4.69, 9.17) is 16.9 Å².